The Morgan fingerprint density at radius 2 is 2.08 bits per heavy atom. The highest BCUT2D eigenvalue weighted by atomic mass is 16.5. The van der Waals surface area contributed by atoms with E-state index >= 15 is 0 Å². The highest BCUT2D eigenvalue weighted by Gasteiger charge is 2.41. The van der Waals surface area contributed by atoms with Crippen molar-refractivity contribution in [2.45, 2.75) is 32.2 Å². The van der Waals surface area contributed by atoms with E-state index in [4.69, 9.17) is 4.74 Å². The van der Waals surface area contributed by atoms with E-state index < -0.39 is 5.54 Å². The Morgan fingerprint density at radius 3 is 2.76 bits per heavy atom. The zero-order chi connectivity index (χ0) is 17.6. The Balaban J connectivity index is 1.55. The van der Waals surface area contributed by atoms with Gasteiger partial charge in [-0.25, -0.2) is 4.98 Å². The summed E-state index contributed by atoms with van der Waals surface area (Å²) < 4.78 is 7.40. The average molecular weight is 342 g/mol. The van der Waals surface area contributed by atoms with E-state index in [-0.39, 0.29) is 11.8 Å². The van der Waals surface area contributed by atoms with Gasteiger partial charge in [0.05, 0.1) is 18.8 Å². The number of rotatable bonds is 4. The predicted molar refractivity (Wildman–Crippen MR) is 95.5 cm³/mol. The van der Waals surface area contributed by atoms with Gasteiger partial charge < -0.3 is 15.4 Å². The van der Waals surface area contributed by atoms with Gasteiger partial charge in [-0.3, -0.25) is 9.20 Å². The molecule has 1 aliphatic carbocycles. The number of hydrogen-bond donors (Lipinski definition) is 2. The topological polar surface area (TPSA) is 67.7 Å². The second-order valence-electron chi connectivity index (χ2n) is 7.87. The molecule has 0 unspecified atom stereocenters. The first-order chi connectivity index (χ1) is 12.0. The molecular weight excluding hydrogens is 316 g/mol. The minimum atomic E-state index is -0.550. The minimum absolute atomic E-state index is 0.122. The molecule has 6 nitrogen and oxygen atoms in total. The number of aromatic nitrogens is 2. The lowest BCUT2D eigenvalue weighted by Gasteiger charge is -2.27. The van der Waals surface area contributed by atoms with Gasteiger partial charge in [0.1, 0.15) is 17.1 Å². The molecule has 2 aliphatic rings. The monoisotopic (exact) mass is 342 g/mol. The number of imidazole rings is 1. The van der Waals surface area contributed by atoms with Gasteiger partial charge in [-0.05, 0) is 63.7 Å². The number of carbonyl (C=O) groups excluding carboxylic acids is 1. The van der Waals surface area contributed by atoms with Crippen LogP contribution in [0.2, 0.25) is 0 Å². The van der Waals surface area contributed by atoms with Crippen LogP contribution in [-0.4, -0.2) is 35.5 Å². The third-order valence-electron chi connectivity index (χ3n) is 5.77. The third-order valence-corrected chi connectivity index (χ3v) is 5.77. The maximum atomic E-state index is 12.9. The van der Waals surface area contributed by atoms with Crippen LogP contribution in [0.15, 0.2) is 24.5 Å². The fraction of sp³-hybridized carbons (Fsp3) is 0.579. The SMILES string of the molecule is COc1cccn2c(C(C)(C)NC(=O)[C@@H]3C[C@H]4CNC[C@H]4C3)ncc12. The first-order valence-corrected chi connectivity index (χ1v) is 9.03. The van der Waals surface area contributed by atoms with Gasteiger partial charge in [-0.2, -0.15) is 0 Å². The molecule has 2 fully saturated rings. The van der Waals surface area contributed by atoms with E-state index in [2.05, 4.69) is 15.6 Å². The summed E-state index contributed by atoms with van der Waals surface area (Å²) in [5.74, 6) is 3.19. The summed E-state index contributed by atoms with van der Waals surface area (Å²) in [6.07, 6.45) is 5.75. The van der Waals surface area contributed by atoms with Gasteiger partial charge >= 0.3 is 0 Å². The molecule has 0 bridgehead atoms. The van der Waals surface area contributed by atoms with E-state index in [1.54, 1.807) is 13.3 Å². The normalized spacial score (nSPS) is 26.0. The molecule has 0 aromatic carbocycles. The highest BCUT2D eigenvalue weighted by Crippen LogP contribution is 2.39. The Hall–Kier alpha value is -2.08. The number of methoxy groups -OCH3 is 1. The Labute approximate surface area is 148 Å². The molecule has 4 rings (SSSR count). The lowest BCUT2D eigenvalue weighted by molar-refractivity contribution is -0.126. The smallest absolute Gasteiger partial charge is 0.223 e. The Morgan fingerprint density at radius 1 is 1.36 bits per heavy atom. The largest absolute Gasteiger partial charge is 0.494 e. The maximum absolute atomic E-state index is 12.9. The van der Waals surface area contributed by atoms with Crippen molar-refractivity contribution in [1.29, 1.82) is 0 Å². The van der Waals surface area contributed by atoms with Crippen LogP contribution in [0.4, 0.5) is 0 Å². The molecule has 134 valence electrons. The van der Waals surface area contributed by atoms with Crippen LogP contribution in [0.1, 0.15) is 32.5 Å². The summed E-state index contributed by atoms with van der Waals surface area (Å²) in [5.41, 5.74) is 0.357. The van der Waals surface area contributed by atoms with Crippen molar-refractivity contribution in [3.8, 4) is 5.75 Å². The second kappa shape index (κ2) is 6.02. The molecule has 2 aromatic heterocycles. The lowest BCUT2D eigenvalue weighted by atomic mass is 9.99. The molecule has 3 atom stereocenters. The molecule has 25 heavy (non-hydrogen) atoms. The van der Waals surface area contributed by atoms with Crippen LogP contribution in [0, 0.1) is 17.8 Å². The fourth-order valence-corrected chi connectivity index (χ4v) is 4.48. The van der Waals surface area contributed by atoms with Gasteiger partial charge in [0.15, 0.2) is 0 Å². The summed E-state index contributed by atoms with van der Waals surface area (Å²) in [5, 5.41) is 6.66. The van der Waals surface area contributed by atoms with E-state index in [0.29, 0.717) is 11.8 Å². The van der Waals surface area contributed by atoms with Crippen molar-refractivity contribution in [3.05, 3.63) is 30.4 Å². The summed E-state index contributed by atoms with van der Waals surface area (Å²) in [6, 6.07) is 3.85. The first kappa shape index (κ1) is 16.4. The van der Waals surface area contributed by atoms with Crippen molar-refractivity contribution in [2.24, 2.45) is 17.8 Å². The zero-order valence-electron chi connectivity index (χ0n) is 15.1. The van der Waals surface area contributed by atoms with Crippen LogP contribution in [-0.2, 0) is 10.3 Å². The van der Waals surface area contributed by atoms with Crippen molar-refractivity contribution in [2.75, 3.05) is 20.2 Å². The summed E-state index contributed by atoms with van der Waals surface area (Å²) in [4.78, 5) is 17.4. The Bertz CT molecular complexity index is 786. The number of carbonyl (C=O) groups is 1. The second-order valence-corrected chi connectivity index (χ2v) is 7.87. The first-order valence-electron chi connectivity index (χ1n) is 9.03. The number of hydrogen-bond acceptors (Lipinski definition) is 4. The van der Waals surface area contributed by atoms with Crippen LogP contribution in [0.25, 0.3) is 5.52 Å². The standard InChI is InChI=1S/C19H26N4O2/c1-19(2,18-21-11-15-16(25-3)5-4-6-23(15)18)22-17(24)12-7-13-9-20-10-14(13)8-12/h4-6,11-14,20H,7-10H2,1-3H3,(H,22,24)/t12-,13+,14-. The van der Waals surface area contributed by atoms with Gasteiger partial charge in [-0.15, -0.1) is 0 Å². The summed E-state index contributed by atoms with van der Waals surface area (Å²) >= 11 is 0. The minimum Gasteiger partial charge on any atom is -0.494 e. The molecule has 2 N–H and O–H groups in total. The predicted octanol–water partition coefficient (Wildman–Crippen LogP) is 1.94. The molecule has 3 heterocycles. The van der Waals surface area contributed by atoms with Crippen molar-refractivity contribution in [3.63, 3.8) is 0 Å². The van der Waals surface area contributed by atoms with E-state index in [1.807, 2.05) is 36.6 Å². The van der Waals surface area contributed by atoms with Crippen LogP contribution in [0.3, 0.4) is 0 Å². The average Bonchev–Trinajstić information content (AvgIpc) is 3.27. The maximum Gasteiger partial charge on any atom is 0.223 e. The van der Waals surface area contributed by atoms with Gasteiger partial charge in [0, 0.05) is 12.1 Å². The molecular formula is C19H26N4O2. The van der Waals surface area contributed by atoms with E-state index in [9.17, 15) is 4.79 Å². The number of ether oxygens (including phenoxy) is 1. The number of fused-ring (bicyclic) bond motifs is 2. The Kier molecular flexibility index (Phi) is 3.95. The molecule has 1 saturated heterocycles. The van der Waals surface area contributed by atoms with Crippen molar-refractivity contribution in [1.82, 2.24) is 20.0 Å². The number of amides is 1. The molecule has 1 saturated carbocycles. The number of pyridine rings is 1. The fourth-order valence-electron chi connectivity index (χ4n) is 4.48. The summed E-state index contributed by atoms with van der Waals surface area (Å²) in [7, 11) is 1.65. The van der Waals surface area contributed by atoms with Crippen LogP contribution < -0.4 is 15.4 Å². The number of nitrogens with zero attached hydrogens (tertiary/aromatic N) is 2. The van der Waals surface area contributed by atoms with Gasteiger partial charge in [0.25, 0.3) is 0 Å². The van der Waals surface area contributed by atoms with Gasteiger partial charge in [-0.1, -0.05) is 0 Å². The molecule has 2 aromatic rings. The molecule has 6 heteroatoms. The zero-order valence-corrected chi connectivity index (χ0v) is 15.1. The van der Waals surface area contributed by atoms with E-state index in [0.717, 1.165) is 43.0 Å². The number of nitrogens with one attached hydrogen (secondary N) is 2. The van der Waals surface area contributed by atoms with Crippen LogP contribution in [0.5, 0.6) is 5.75 Å². The van der Waals surface area contributed by atoms with Gasteiger partial charge in [0.2, 0.25) is 5.91 Å². The lowest BCUT2D eigenvalue weighted by Crippen LogP contribution is -2.45. The highest BCUT2D eigenvalue weighted by molar-refractivity contribution is 5.80. The molecule has 0 spiro atoms. The summed E-state index contributed by atoms with van der Waals surface area (Å²) in [6.45, 7) is 6.14. The third kappa shape index (κ3) is 2.78. The van der Waals surface area contributed by atoms with Crippen LogP contribution >= 0.6 is 0 Å². The van der Waals surface area contributed by atoms with E-state index in [1.165, 1.54) is 0 Å². The molecule has 1 amide bonds. The molecule has 1 aliphatic heterocycles. The quantitative estimate of drug-likeness (QED) is 0.891. The van der Waals surface area contributed by atoms with Crippen molar-refractivity contribution >= 4 is 11.4 Å². The van der Waals surface area contributed by atoms with Crippen molar-refractivity contribution < 1.29 is 9.53 Å². The molecule has 0 radical (unpaired) electrons.